The van der Waals surface area contributed by atoms with Crippen LogP contribution in [0.3, 0.4) is 0 Å². The molecule has 214 valence electrons. The predicted octanol–water partition coefficient (Wildman–Crippen LogP) is 7.67. The van der Waals surface area contributed by atoms with Crippen molar-refractivity contribution in [2.45, 2.75) is 37.3 Å². The van der Waals surface area contributed by atoms with E-state index < -0.39 is 83.6 Å². The summed E-state index contributed by atoms with van der Waals surface area (Å²) in [6.45, 7) is -1.71. The first kappa shape index (κ1) is 31.9. The molecule has 15 heteroatoms. The van der Waals surface area contributed by atoms with Crippen molar-refractivity contribution < 1.29 is 58.2 Å². The molecule has 0 bridgehead atoms. The maximum atomic E-state index is 14.9. The first-order valence-electron chi connectivity index (χ1n) is 10.7. The number of benzene rings is 2. The van der Waals surface area contributed by atoms with Gasteiger partial charge in [0.2, 0.25) is 5.91 Å². The predicted molar refractivity (Wildman–Crippen MR) is 120 cm³/mol. The molecular weight excluding hydrogens is 576 g/mol. The number of ether oxygens (including phenoxy) is 1. The Morgan fingerprint density at radius 1 is 0.974 bits per heavy atom. The van der Waals surface area contributed by atoms with E-state index in [9.17, 15) is 53.5 Å². The van der Waals surface area contributed by atoms with Crippen molar-refractivity contribution in [2.75, 3.05) is 13.7 Å². The molecule has 0 spiro atoms. The molecule has 1 N–H and O–H groups in total. The van der Waals surface area contributed by atoms with Crippen molar-refractivity contribution >= 4 is 29.1 Å². The van der Waals surface area contributed by atoms with Crippen LogP contribution in [0.1, 0.15) is 45.8 Å². The summed E-state index contributed by atoms with van der Waals surface area (Å²) in [4.78, 5) is 23.8. The molecular formula is C24H18ClF10NO3. The van der Waals surface area contributed by atoms with Crippen molar-refractivity contribution in [1.82, 2.24) is 5.32 Å². The van der Waals surface area contributed by atoms with Gasteiger partial charge in [-0.2, -0.15) is 39.5 Å². The third kappa shape index (κ3) is 9.15. The second-order valence-corrected chi connectivity index (χ2v) is 8.41. The number of nitrogens with one attached hydrogen (secondary N) is 1. The fraction of sp³-hybridized carbons (Fsp3) is 0.333. The zero-order chi connectivity index (χ0) is 29.8. The molecule has 0 saturated carbocycles. The van der Waals surface area contributed by atoms with Crippen molar-refractivity contribution in [2.24, 2.45) is 0 Å². The van der Waals surface area contributed by atoms with Gasteiger partial charge in [-0.3, -0.25) is 9.59 Å². The number of Topliss-reactive ketones (excluding diaryl/α,β-unsaturated/α-hetero) is 1. The molecule has 0 radical (unpaired) electrons. The Kier molecular flexibility index (Phi) is 10.0. The van der Waals surface area contributed by atoms with Gasteiger partial charge in [0.1, 0.15) is 24.0 Å². The number of amides is 1. The van der Waals surface area contributed by atoms with Crippen molar-refractivity contribution in [3.05, 3.63) is 69.8 Å². The molecule has 0 fully saturated rings. The molecule has 1 amide bonds. The average molecular weight is 594 g/mol. The molecule has 2 rings (SSSR count). The highest BCUT2D eigenvalue weighted by Crippen LogP contribution is 2.41. The molecule has 1 atom stereocenters. The SMILES string of the molecule is COc1ccc(C(/C=C(\F)c2ccc(C(=O)CCC(=O)NCC(F)(F)F)c(C(F)(F)F)c2)C(F)(F)F)cc1Cl. The van der Waals surface area contributed by atoms with Gasteiger partial charge in [-0.1, -0.05) is 29.8 Å². The summed E-state index contributed by atoms with van der Waals surface area (Å²) in [5, 5.41) is 1.22. The van der Waals surface area contributed by atoms with Gasteiger partial charge in [-0.05, 0) is 29.8 Å². The quantitative estimate of drug-likeness (QED) is 0.240. The Morgan fingerprint density at radius 2 is 1.62 bits per heavy atom. The smallest absolute Gasteiger partial charge is 0.417 e. The summed E-state index contributed by atoms with van der Waals surface area (Å²) in [6.07, 6.45) is -16.8. The lowest BCUT2D eigenvalue weighted by atomic mass is 9.94. The van der Waals surface area contributed by atoms with E-state index in [4.69, 9.17) is 16.3 Å². The minimum Gasteiger partial charge on any atom is -0.495 e. The summed E-state index contributed by atoms with van der Waals surface area (Å²) in [5.74, 6) is -6.84. The molecule has 2 aromatic rings. The van der Waals surface area contributed by atoms with Crippen LogP contribution in [0.5, 0.6) is 5.75 Å². The lowest BCUT2D eigenvalue weighted by Gasteiger charge is -2.19. The molecule has 0 aliphatic rings. The van der Waals surface area contributed by atoms with Gasteiger partial charge in [0, 0.05) is 24.0 Å². The molecule has 0 aliphatic heterocycles. The number of halogens is 11. The van der Waals surface area contributed by atoms with Gasteiger partial charge in [0.05, 0.1) is 17.7 Å². The van der Waals surface area contributed by atoms with Crippen LogP contribution in [0, 0.1) is 0 Å². The molecule has 0 aliphatic carbocycles. The van der Waals surface area contributed by atoms with E-state index in [1.807, 2.05) is 0 Å². The lowest BCUT2D eigenvalue weighted by molar-refractivity contribution is -0.140. The maximum Gasteiger partial charge on any atom is 0.417 e. The van der Waals surface area contributed by atoms with Gasteiger partial charge in [-0.25, -0.2) is 4.39 Å². The van der Waals surface area contributed by atoms with Crippen LogP contribution in [0.25, 0.3) is 5.83 Å². The Labute approximate surface area is 219 Å². The van der Waals surface area contributed by atoms with Crippen molar-refractivity contribution in [3.63, 3.8) is 0 Å². The highest BCUT2D eigenvalue weighted by Gasteiger charge is 2.41. The molecule has 0 heterocycles. The number of methoxy groups -OCH3 is 1. The van der Waals surface area contributed by atoms with Crippen LogP contribution in [-0.2, 0) is 11.0 Å². The first-order valence-corrected chi connectivity index (χ1v) is 11.1. The standard InChI is InChI=1S/C24H18ClF10NO3/c1-39-20-6-3-12(9-17(20)25)15(23(30,31)32)10-18(26)13-2-4-14(16(8-13)24(33,34)35)19(37)5-7-21(38)36-11-22(27,28)29/h2-4,6,8-10,15H,5,7,11H2,1H3,(H,36,38)/b18-10-. The largest absolute Gasteiger partial charge is 0.495 e. The fourth-order valence-electron chi connectivity index (χ4n) is 3.32. The van der Waals surface area contributed by atoms with E-state index in [-0.39, 0.29) is 22.9 Å². The molecule has 1 unspecified atom stereocenters. The number of alkyl halides is 9. The Morgan fingerprint density at radius 3 is 2.13 bits per heavy atom. The van der Waals surface area contributed by atoms with Crippen LogP contribution >= 0.6 is 11.6 Å². The van der Waals surface area contributed by atoms with Crippen LogP contribution in [0.4, 0.5) is 43.9 Å². The Hall–Kier alpha value is -3.29. The lowest BCUT2D eigenvalue weighted by Crippen LogP contribution is -2.33. The van der Waals surface area contributed by atoms with Gasteiger partial charge >= 0.3 is 18.5 Å². The van der Waals surface area contributed by atoms with Gasteiger partial charge in [0.25, 0.3) is 0 Å². The van der Waals surface area contributed by atoms with Crippen LogP contribution in [0.2, 0.25) is 5.02 Å². The summed E-state index contributed by atoms with van der Waals surface area (Å²) < 4.78 is 138. The minimum absolute atomic E-state index is 0.0266. The van der Waals surface area contributed by atoms with E-state index in [0.29, 0.717) is 12.1 Å². The van der Waals surface area contributed by atoms with E-state index in [1.165, 1.54) is 12.4 Å². The minimum atomic E-state index is -5.27. The van der Waals surface area contributed by atoms with Crippen LogP contribution in [0.15, 0.2) is 42.5 Å². The highest BCUT2D eigenvalue weighted by atomic mass is 35.5. The van der Waals surface area contributed by atoms with Crippen molar-refractivity contribution in [1.29, 1.82) is 0 Å². The van der Waals surface area contributed by atoms with Crippen LogP contribution < -0.4 is 10.1 Å². The Balaban J connectivity index is 2.38. The first-order chi connectivity index (χ1) is 17.8. The second kappa shape index (κ2) is 12.3. The third-order valence-corrected chi connectivity index (χ3v) is 5.46. The average Bonchev–Trinajstić information content (AvgIpc) is 2.82. The fourth-order valence-corrected chi connectivity index (χ4v) is 3.58. The van der Waals surface area contributed by atoms with E-state index in [2.05, 4.69) is 0 Å². The number of carbonyl (C=O) groups excluding carboxylic acids is 2. The van der Waals surface area contributed by atoms with Crippen LogP contribution in [-0.4, -0.2) is 37.7 Å². The van der Waals surface area contributed by atoms with E-state index in [1.54, 1.807) is 0 Å². The molecule has 39 heavy (non-hydrogen) atoms. The second-order valence-electron chi connectivity index (χ2n) is 8.00. The topological polar surface area (TPSA) is 55.4 Å². The number of rotatable bonds is 9. The highest BCUT2D eigenvalue weighted by molar-refractivity contribution is 6.32. The number of hydrogen-bond acceptors (Lipinski definition) is 3. The molecule has 0 saturated heterocycles. The van der Waals surface area contributed by atoms with E-state index >= 15 is 0 Å². The third-order valence-electron chi connectivity index (χ3n) is 5.17. The molecule has 4 nitrogen and oxygen atoms in total. The number of hydrogen-bond donors (Lipinski definition) is 1. The summed E-state index contributed by atoms with van der Waals surface area (Å²) in [5.41, 5.74) is -4.22. The monoisotopic (exact) mass is 593 g/mol. The summed E-state index contributed by atoms with van der Waals surface area (Å²) in [7, 11) is 1.21. The molecule has 0 aromatic heterocycles. The van der Waals surface area contributed by atoms with E-state index in [0.717, 1.165) is 18.2 Å². The van der Waals surface area contributed by atoms with Gasteiger partial charge in [0.15, 0.2) is 5.78 Å². The zero-order valence-corrected chi connectivity index (χ0v) is 20.4. The Bertz CT molecular complexity index is 1240. The van der Waals surface area contributed by atoms with Crippen molar-refractivity contribution in [3.8, 4) is 5.75 Å². The summed E-state index contributed by atoms with van der Waals surface area (Å²) >= 11 is 5.84. The maximum absolute atomic E-state index is 14.9. The zero-order valence-electron chi connectivity index (χ0n) is 19.6. The molecule has 2 aromatic carbocycles. The van der Waals surface area contributed by atoms with Gasteiger partial charge < -0.3 is 10.1 Å². The normalized spacial score (nSPS) is 13.7. The summed E-state index contributed by atoms with van der Waals surface area (Å²) in [6, 6.07) is 4.16. The van der Waals surface area contributed by atoms with Gasteiger partial charge in [-0.15, -0.1) is 0 Å². The number of ketones is 1. The number of carbonyl (C=O) groups is 2. The number of allylic oxidation sites excluding steroid dienone is 1.